The van der Waals surface area contributed by atoms with E-state index in [1.807, 2.05) is 38.4 Å². The van der Waals surface area contributed by atoms with Crippen LogP contribution in [-0.2, 0) is 17.9 Å². The van der Waals surface area contributed by atoms with Crippen LogP contribution in [0.2, 0.25) is 0 Å². The number of benzene rings is 1. The Hall–Kier alpha value is -2.74. The SMILES string of the molecule is Cc1nn(CCC(=O)Nc2cccc(CN(C)C)c2)c(C)c1[N+](=O)[O-]. The van der Waals surface area contributed by atoms with E-state index < -0.39 is 4.92 Å². The highest BCUT2D eigenvalue weighted by molar-refractivity contribution is 5.90. The van der Waals surface area contributed by atoms with Crippen molar-refractivity contribution >= 4 is 17.3 Å². The molecule has 1 N–H and O–H groups in total. The summed E-state index contributed by atoms with van der Waals surface area (Å²) in [5.41, 5.74) is 2.68. The molecule has 134 valence electrons. The minimum atomic E-state index is -0.440. The van der Waals surface area contributed by atoms with Crippen LogP contribution in [0.4, 0.5) is 11.4 Å². The summed E-state index contributed by atoms with van der Waals surface area (Å²) in [5.74, 6) is -0.155. The van der Waals surface area contributed by atoms with E-state index in [9.17, 15) is 14.9 Å². The Bertz CT molecular complexity index is 783. The second kappa shape index (κ2) is 7.89. The van der Waals surface area contributed by atoms with Crippen LogP contribution < -0.4 is 5.32 Å². The molecule has 0 spiro atoms. The molecule has 0 unspecified atom stereocenters. The lowest BCUT2D eigenvalue weighted by Crippen LogP contribution is -2.16. The Morgan fingerprint density at radius 1 is 1.36 bits per heavy atom. The molecular weight excluding hydrogens is 322 g/mol. The van der Waals surface area contributed by atoms with E-state index in [1.165, 1.54) is 4.68 Å². The van der Waals surface area contributed by atoms with Gasteiger partial charge < -0.3 is 10.2 Å². The van der Waals surface area contributed by atoms with Gasteiger partial charge >= 0.3 is 5.69 Å². The molecule has 0 fully saturated rings. The second-order valence-corrected chi connectivity index (χ2v) is 6.24. The number of hydrogen-bond donors (Lipinski definition) is 1. The number of carbonyl (C=O) groups excluding carboxylic acids is 1. The molecule has 8 heteroatoms. The van der Waals surface area contributed by atoms with Crippen LogP contribution in [-0.4, -0.2) is 39.6 Å². The Kier molecular flexibility index (Phi) is 5.87. The lowest BCUT2D eigenvalue weighted by atomic mass is 10.2. The topological polar surface area (TPSA) is 93.3 Å². The molecule has 2 aromatic rings. The third-order valence-electron chi connectivity index (χ3n) is 3.79. The lowest BCUT2D eigenvalue weighted by molar-refractivity contribution is -0.386. The highest BCUT2D eigenvalue weighted by Crippen LogP contribution is 2.22. The third-order valence-corrected chi connectivity index (χ3v) is 3.79. The maximum Gasteiger partial charge on any atom is 0.312 e. The van der Waals surface area contributed by atoms with Gasteiger partial charge in [-0.1, -0.05) is 12.1 Å². The van der Waals surface area contributed by atoms with Crippen LogP contribution in [0.5, 0.6) is 0 Å². The minimum Gasteiger partial charge on any atom is -0.326 e. The molecule has 0 bridgehead atoms. The first-order valence-electron chi connectivity index (χ1n) is 8.00. The quantitative estimate of drug-likeness (QED) is 0.615. The third kappa shape index (κ3) is 4.87. The maximum absolute atomic E-state index is 12.2. The number of anilines is 1. The van der Waals surface area contributed by atoms with Gasteiger partial charge in [-0.15, -0.1) is 0 Å². The van der Waals surface area contributed by atoms with Gasteiger partial charge in [0.2, 0.25) is 5.91 Å². The van der Waals surface area contributed by atoms with Crippen molar-refractivity contribution in [1.82, 2.24) is 14.7 Å². The van der Waals surface area contributed by atoms with Gasteiger partial charge in [0, 0.05) is 18.7 Å². The summed E-state index contributed by atoms with van der Waals surface area (Å²) in [5, 5.41) is 18.0. The maximum atomic E-state index is 12.2. The van der Waals surface area contributed by atoms with Crippen molar-refractivity contribution in [2.24, 2.45) is 0 Å². The molecule has 0 aliphatic rings. The van der Waals surface area contributed by atoms with E-state index in [1.54, 1.807) is 13.8 Å². The average Bonchev–Trinajstić information content (AvgIpc) is 2.79. The summed E-state index contributed by atoms with van der Waals surface area (Å²) >= 11 is 0. The molecule has 1 amide bonds. The van der Waals surface area contributed by atoms with Gasteiger partial charge in [-0.25, -0.2) is 0 Å². The smallest absolute Gasteiger partial charge is 0.312 e. The number of rotatable bonds is 7. The molecule has 1 aromatic carbocycles. The fraction of sp³-hybridized carbons (Fsp3) is 0.412. The summed E-state index contributed by atoms with van der Waals surface area (Å²) in [6.07, 6.45) is 0.191. The van der Waals surface area contributed by atoms with E-state index in [2.05, 4.69) is 15.3 Å². The largest absolute Gasteiger partial charge is 0.326 e. The summed E-state index contributed by atoms with van der Waals surface area (Å²) < 4.78 is 1.51. The highest BCUT2D eigenvalue weighted by Gasteiger charge is 2.21. The van der Waals surface area contributed by atoms with E-state index in [0.717, 1.165) is 17.8 Å². The molecule has 0 saturated heterocycles. The van der Waals surface area contributed by atoms with Crippen molar-refractivity contribution in [3.8, 4) is 0 Å². The van der Waals surface area contributed by atoms with Crippen molar-refractivity contribution in [2.45, 2.75) is 33.4 Å². The summed E-state index contributed by atoms with van der Waals surface area (Å²) in [7, 11) is 3.97. The average molecular weight is 345 g/mol. The number of nitro groups is 1. The summed E-state index contributed by atoms with van der Waals surface area (Å²) in [4.78, 5) is 24.8. The molecule has 0 saturated carbocycles. The first-order chi connectivity index (χ1) is 11.8. The fourth-order valence-electron chi connectivity index (χ4n) is 2.71. The minimum absolute atomic E-state index is 0.0109. The summed E-state index contributed by atoms with van der Waals surface area (Å²) in [6, 6.07) is 7.68. The molecule has 0 radical (unpaired) electrons. The lowest BCUT2D eigenvalue weighted by Gasteiger charge is -2.11. The molecule has 1 aromatic heterocycles. The molecule has 0 aliphatic heterocycles. The van der Waals surface area contributed by atoms with Gasteiger partial charge in [0.05, 0.1) is 11.5 Å². The number of aromatic nitrogens is 2. The monoisotopic (exact) mass is 345 g/mol. The summed E-state index contributed by atoms with van der Waals surface area (Å²) in [6.45, 7) is 4.32. The van der Waals surface area contributed by atoms with E-state index >= 15 is 0 Å². The van der Waals surface area contributed by atoms with E-state index in [4.69, 9.17) is 0 Å². The second-order valence-electron chi connectivity index (χ2n) is 6.24. The van der Waals surface area contributed by atoms with Crippen LogP contribution in [0.3, 0.4) is 0 Å². The zero-order valence-corrected chi connectivity index (χ0v) is 14.9. The van der Waals surface area contributed by atoms with Gasteiger partial charge in [0.25, 0.3) is 0 Å². The van der Waals surface area contributed by atoms with Crippen LogP contribution >= 0.6 is 0 Å². The zero-order valence-electron chi connectivity index (χ0n) is 14.9. The Labute approximate surface area is 146 Å². The van der Waals surface area contributed by atoms with Crippen LogP contribution in [0.1, 0.15) is 23.4 Å². The highest BCUT2D eigenvalue weighted by atomic mass is 16.6. The van der Waals surface area contributed by atoms with Crippen LogP contribution in [0.15, 0.2) is 24.3 Å². The van der Waals surface area contributed by atoms with Gasteiger partial charge in [-0.2, -0.15) is 5.10 Å². The number of nitrogens with one attached hydrogen (secondary N) is 1. The van der Waals surface area contributed by atoms with Crippen molar-refractivity contribution in [3.63, 3.8) is 0 Å². The molecule has 2 rings (SSSR count). The number of aryl methyl sites for hydroxylation is 2. The van der Waals surface area contributed by atoms with Gasteiger partial charge in [-0.05, 0) is 45.6 Å². The molecule has 1 heterocycles. The van der Waals surface area contributed by atoms with E-state index in [0.29, 0.717) is 17.9 Å². The van der Waals surface area contributed by atoms with Gasteiger partial charge in [0.15, 0.2) is 0 Å². The van der Waals surface area contributed by atoms with Crippen LogP contribution in [0, 0.1) is 24.0 Å². The van der Waals surface area contributed by atoms with E-state index in [-0.39, 0.29) is 18.0 Å². The van der Waals surface area contributed by atoms with Crippen LogP contribution in [0.25, 0.3) is 0 Å². The number of hydrogen-bond acceptors (Lipinski definition) is 5. The van der Waals surface area contributed by atoms with Crippen molar-refractivity contribution < 1.29 is 9.72 Å². The normalized spacial score (nSPS) is 10.9. The molecular formula is C17H23N5O3. The standard InChI is InChI=1S/C17H23N5O3/c1-12-17(22(24)25)13(2)21(19-12)9-8-16(23)18-15-7-5-6-14(10-15)11-20(3)4/h5-7,10H,8-9,11H2,1-4H3,(H,18,23). The van der Waals surface area contributed by atoms with Crippen molar-refractivity contribution in [3.05, 3.63) is 51.3 Å². The predicted molar refractivity (Wildman–Crippen MR) is 95.4 cm³/mol. The zero-order chi connectivity index (χ0) is 18.6. The first-order valence-corrected chi connectivity index (χ1v) is 8.00. The molecule has 0 atom stereocenters. The van der Waals surface area contributed by atoms with Crippen molar-refractivity contribution in [1.29, 1.82) is 0 Å². The Morgan fingerprint density at radius 2 is 2.08 bits per heavy atom. The predicted octanol–water partition coefficient (Wildman–Crippen LogP) is 2.50. The van der Waals surface area contributed by atoms with Gasteiger partial charge in [-0.3, -0.25) is 19.6 Å². The molecule has 25 heavy (non-hydrogen) atoms. The van der Waals surface area contributed by atoms with Gasteiger partial charge in [0.1, 0.15) is 11.4 Å². The number of carbonyl (C=O) groups is 1. The number of amides is 1. The van der Waals surface area contributed by atoms with Crippen molar-refractivity contribution in [2.75, 3.05) is 19.4 Å². The first kappa shape index (κ1) is 18.6. The molecule has 8 nitrogen and oxygen atoms in total. The number of nitrogens with zero attached hydrogens (tertiary/aromatic N) is 4. The molecule has 0 aliphatic carbocycles. The Balaban J connectivity index is 1.98. The Morgan fingerprint density at radius 3 is 2.68 bits per heavy atom. The fourth-order valence-corrected chi connectivity index (χ4v) is 2.71.